The number of para-hydroxylation sites is 1. The van der Waals surface area contributed by atoms with E-state index in [1.54, 1.807) is 35.9 Å². The molecule has 3 aromatic rings. The number of carbonyl (C=O) groups is 1. The number of ether oxygens (including phenoxy) is 2. The second kappa shape index (κ2) is 8.36. The van der Waals surface area contributed by atoms with E-state index in [1.165, 1.54) is 13.2 Å². The number of Topliss-reactive ketones (excluding diaryl/α,β-unsaturated/α-hetero) is 1. The van der Waals surface area contributed by atoms with Crippen LogP contribution in [0.15, 0.2) is 71.7 Å². The lowest BCUT2D eigenvalue weighted by molar-refractivity contribution is 0.0967. The lowest BCUT2D eigenvalue weighted by Gasteiger charge is -2.15. The van der Waals surface area contributed by atoms with E-state index in [0.29, 0.717) is 23.6 Å². The third kappa shape index (κ3) is 4.26. The molecule has 0 amide bonds. The fourth-order valence-electron chi connectivity index (χ4n) is 2.85. The highest BCUT2D eigenvalue weighted by Crippen LogP contribution is 2.20. The Morgan fingerprint density at radius 1 is 1.00 bits per heavy atom. The van der Waals surface area contributed by atoms with Crippen LogP contribution in [0, 0.1) is 6.92 Å². The van der Waals surface area contributed by atoms with Gasteiger partial charge < -0.3 is 14.0 Å². The van der Waals surface area contributed by atoms with Gasteiger partial charge in [-0.1, -0.05) is 42.5 Å². The Labute approximate surface area is 157 Å². The first kappa shape index (κ1) is 18.5. The van der Waals surface area contributed by atoms with Crippen molar-refractivity contribution in [3.8, 4) is 11.5 Å². The Kier molecular flexibility index (Phi) is 5.71. The summed E-state index contributed by atoms with van der Waals surface area (Å²) in [7, 11) is 1.53. The summed E-state index contributed by atoms with van der Waals surface area (Å²) in [6.45, 7) is 2.16. The Morgan fingerprint density at radius 3 is 2.44 bits per heavy atom. The molecule has 0 unspecified atom stereocenters. The van der Waals surface area contributed by atoms with Gasteiger partial charge in [0.1, 0.15) is 12.4 Å². The van der Waals surface area contributed by atoms with Gasteiger partial charge in [0.15, 0.2) is 11.5 Å². The Morgan fingerprint density at radius 2 is 1.70 bits per heavy atom. The van der Waals surface area contributed by atoms with Crippen LogP contribution < -0.4 is 14.9 Å². The van der Waals surface area contributed by atoms with E-state index in [2.05, 4.69) is 0 Å². The molecule has 2 aromatic carbocycles. The number of aromatic nitrogens is 1. The van der Waals surface area contributed by atoms with E-state index in [1.807, 2.05) is 36.4 Å². The molecule has 0 spiro atoms. The van der Waals surface area contributed by atoms with Crippen molar-refractivity contribution in [2.75, 3.05) is 7.11 Å². The van der Waals surface area contributed by atoms with Gasteiger partial charge >= 0.3 is 0 Å². The highest BCUT2D eigenvalue weighted by molar-refractivity contribution is 5.98. The molecule has 0 saturated heterocycles. The van der Waals surface area contributed by atoms with E-state index in [9.17, 15) is 9.59 Å². The standard InChI is InChI=1S/C22H21NO4/c1-16-22(27-15-17-8-4-3-5-9-17)19(24)12-13-23(16)14-20(25)18-10-6-7-11-21(18)26-2/h3-13H,14-15H2,1-2H3. The summed E-state index contributed by atoms with van der Waals surface area (Å²) in [5.41, 5.74) is 1.88. The second-order valence-electron chi connectivity index (χ2n) is 6.12. The van der Waals surface area contributed by atoms with E-state index in [4.69, 9.17) is 9.47 Å². The molecular weight excluding hydrogens is 342 g/mol. The van der Waals surface area contributed by atoms with Crippen LogP contribution >= 0.6 is 0 Å². The molecule has 5 heteroatoms. The summed E-state index contributed by atoms with van der Waals surface area (Å²) in [6, 6.07) is 18.1. The first-order valence-electron chi connectivity index (χ1n) is 8.63. The molecule has 0 bridgehead atoms. The lowest BCUT2D eigenvalue weighted by atomic mass is 10.1. The number of hydrogen-bond acceptors (Lipinski definition) is 4. The molecule has 27 heavy (non-hydrogen) atoms. The summed E-state index contributed by atoms with van der Waals surface area (Å²) in [6.07, 6.45) is 1.61. The maximum atomic E-state index is 12.7. The van der Waals surface area contributed by atoms with Crippen LogP contribution in [0.25, 0.3) is 0 Å². The van der Waals surface area contributed by atoms with Crippen molar-refractivity contribution in [2.45, 2.75) is 20.1 Å². The van der Waals surface area contributed by atoms with Crippen molar-refractivity contribution >= 4 is 5.78 Å². The number of methoxy groups -OCH3 is 1. The summed E-state index contributed by atoms with van der Waals surface area (Å²) < 4.78 is 12.7. The molecule has 0 N–H and O–H groups in total. The third-order valence-electron chi connectivity index (χ3n) is 4.34. The van der Waals surface area contributed by atoms with Crippen molar-refractivity contribution < 1.29 is 14.3 Å². The predicted octanol–water partition coefficient (Wildman–Crippen LogP) is 3.63. The molecular formula is C22H21NO4. The zero-order valence-electron chi connectivity index (χ0n) is 15.3. The van der Waals surface area contributed by atoms with Crippen LogP contribution in [0.5, 0.6) is 11.5 Å². The van der Waals surface area contributed by atoms with Gasteiger partial charge in [-0.05, 0) is 24.6 Å². The normalized spacial score (nSPS) is 10.4. The van der Waals surface area contributed by atoms with E-state index in [0.717, 1.165) is 5.56 Å². The van der Waals surface area contributed by atoms with Gasteiger partial charge in [-0.25, -0.2) is 0 Å². The third-order valence-corrected chi connectivity index (χ3v) is 4.34. The zero-order chi connectivity index (χ0) is 19.2. The molecule has 0 aliphatic heterocycles. The van der Waals surface area contributed by atoms with E-state index < -0.39 is 0 Å². The number of benzene rings is 2. The average Bonchev–Trinajstić information content (AvgIpc) is 2.70. The fourth-order valence-corrected chi connectivity index (χ4v) is 2.85. The fraction of sp³-hybridized carbons (Fsp3) is 0.182. The average molecular weight is 363 g/mol. The molecule has 0 saturated carbocycles. The van der Waals surface area contributed by atoms with Gasteiger partial charge in [-0.15, -0.1) is 0 Å². The predicted molar refractivity (Wildman–Crippen MR) is 104 cm³/mol. The summed E-state index contributed by atoms with van der Waals surface area (Å²) >= 11 is 0. The SMILES string of the molecule is COc1ccccc1C(=O)Cn1ccc(=O)c(OCc2ccccc2)c1C. The quantitative estimate of drug-likeness (QED) is 0.602. The lowest BCUT2D eigenvalue weighted by Crippen LogP contribution is -2.18. The first-order chi connectivity index (χ1) is 13.1. The van der Waals surface area contributed by atoms with Gasteiger partial charge in [0, 0.05) is 12.3 Å². The molecule has 5 nitrogen and oxygen atoms in total. The summed E-state index contributed by atoms with van der Waals surface area (Å²) in [4.78, 5) is 24.9. The Hall–Kier alpha value is -3.34. The van der Waals surface area contributed by atoms with Crippen LogP contribution in [0.4, 0.5) is 0 Å². The van der Waals surface area contributed by atoms with Gasteiger partial charge in [0.2, 0.25) is 5.43 Å². The van der Waals surface area contributed by atoms with Crippen LogP contribution in [-0.4, -0.2) is 17.5 Å². The van der Waals surface area contributed by atoms with Gasteiger partial charge in [0.25, 0.3) is 0 Å². The largest absolute Gasteiger partial charge is 0.496 e. The molecule has 0 aliphatic rings. The minimum absolute atomic E-state index is 0.0915. The number of carbonyl (C=O) groups excluding carboxylic acids is 1. The van der Waals surface area contributed by atoms with E-state index in [-0.39, 0.29) is 23.5 Å². The van der Waals surface area contributed by atoms with Crippen LogP contribution in [0.2, 0.25) is 0 Å². The molecule has 1 aromatic heterocycles. The van der Waals surface area contributed by atoms with Crippen molar-refractivity contribution in [1.29, 1.82) is 0 Å². The van der Waals surface area contributed by atoms with Crippen LogP contribution in [0.3, 0.4) is 0 Å². The Bertz CT molecular complexity index is 993. The maximum Gasteiger partial charge on any atom is 0.223 e. The zero-order valence-corrected chi connectivity index (χ0v) is 15.3. The van der Waals surface area contributed by atoms with Gasteiger partial charge in [-0.2, -0.15) is 0 Å². The molecule has 138 valence electrons. The smallest absolute Gasteiger partial charge is 0.223 e. The Balaban J connectivity index is 1.82. The van der Waals surface area contributed by atoms with Crippen molar-refractivity contribution in [3.05, 3.63) is 93.9 Å². The maximum absolute atomic E-state index is 12.7. The molecule has 3 rings (SSSR count). The molecule has 0 aliphatic carbocycles. The highest BCUT2D eigenvalue weighted by Gasteiger charge is 2.15. The minimum Gasteiger partial charge on any atom is -0.496 e. The van der Waals surface area contributed by atoms with E-state index >= 15 is 0 Å². The number of rotatable bonds is 7. The molecule has 0 radical (unpaired) electrons. The number of pyridine rings is 1. The van der Waals surface area contributed by atoms with Gasteiger partial charge in [0.05, 0.1) is 24.9 Å². The summed E-state index contributed by atoms with van der Waals surface area (Å²) in [5.74, 6) is 0.684. The van der Waals surface area contributed by atoms with Crippen molar-refractivity contribution in [2.24, 2.45) is 0 Å². The number of ketones is 1. The topological polar surface area (TPSA) is 57.5 Å². The number of hydrogen-bond donors (Lipinski definition) is 0. The van der Waals surface area contributed by atoms with Crippen LogP contribution in [-0.2, 0) is 13.2 Å². The van der Waals surface area contributed by atoms with Gasteiger partial charge in [-0.3, -0.25) is 9.59 Å². The molecule has 0 atom stereocenters. The minimum atomic E-state index is -0.204. The highest BCUT2D eigenvalue weighted by atomic mass is 16.5. The van der Waals surface area contributed by atoms with Crippen molar-refractivity contribution in [1.82, 2.24) is 4.57 Å². The summed E-state index contributed by atoms with van der Waals surface area (Å²) in [5, 5.41) is 0. The monoisotopic (exact) mass is 363 g/mol. The van der Waals surface area contributed by atoms with Crippen molar-refractivity contribution in [3.63, 3.8) is 0 Å². The number of nitrogens with zero attached hydrogens (tertiary/aromatic N) is 1. The molecule has 0 fully saturated rings. The first-order valence-corrected chi connectivity index (χ1v) is 8.63. The second-order valence-corrected chi connectivity index (χ2v) is 6.12. The van der Waals surface area contributed by atoms with Crippen LogP contribution in [0.1, 0.15) is 21.6 Å². The molecule has 1 heterocycles.